The first-order valence-corrected chi connectivity index (χ1v) is 9.54. The summed E-state index contributed by atoms with van der Waals surface area (Å²) in [5, 5.41) is 14.3. The molecule has 2 unspecified atom stereocenters. The van der Waals surface area contributed by atoms with Crippen LogP contribution in [0.4, 0.5) is 5.69 Å². The lowest BCUT2D eigenvalue weighted by atomic mass is 9.76. The molecule has 3 N–H and O–H groups in total. The van der Waals surface area contributed by atoms with E-state index in [2.05, 4.69) is 59.0 Å². The quantitative estimate of drug-likeness (QED) is 0.463. The lowest BCUT2D eigenvalue weighted by Crippen LogP contribution is -2.25. The number of hydrogen-bond donors (Lipinski definition) is 3. The number of phenols is 1. The average Bonchev–Trinajstić information content (AvgIpc) is 3.17. The lowest BCUT2D eigenvalue weighted by molar-refractivity contribution is 0.248. The fourth-order valence-electron chi connectivity index (χ4n) is 4.34. The van der Waals surface area contributed by atoms with Crippen LogP contribution in [0.2, 0.25) is 0 Å². The Hall–Kier alpha value is -3.40. The van der Waals surface area contributed by atoms with Crippen LogP contribution < -0.4 is 10.1 Å². The highest BCUT2D eigenvalue weighted by atomic mass is 16.5. The van der Waals surface area contributed by atoms with Gasteiger partial charge < -0.3 is 20.1 Å². The van der Waals surface area contributed by atoms with Gasteiger partial charge in [-0.15, -0.1) is 0 Å². The number of phenolic OH excluding ortho intramolecular Hbond substituents is 1. The molecule has 5 rings (SSSR count). The van der Waals surface area contributed by atoms with Crippen molar-refractivity contribution in [1.82, 2.24) is 4.98 Å². The molecule has 0 saturated carbocycles. The number of aromatic amines is 1. The highest BCUT2D eigenvalue weighted by Crippen LogP contribution is 2.48. The van der Waals surface area contributed by atoms with Crippen molar-refractivity contribution >= 4 is 16.6 Å². The molecule has 0 amide bonds. The first-order chi connectivity index (χ1) is 13.7. The molecule has 0 bridgehead atoms. The summed E-state index contributed by atoms with van der Waals surface area (Å²) in [6.45, 7) is 0.566. The Balaban J connectivity index is 1.68. The number of fused-ring (bicyclic) bond motifs is 2. The van der Waals surface area contributed by atoms with Crippen LogP contribution in [0.3, 0.4) is 0 Å². The lowest BCUT2D eigenvalue weighted by Gasteiger charge is -2.34. The minimum atomic E-state index is 0.148. The standard InChI is InChI=1S/C24H22N2O2/c1-25-16-8-6-15(7-9-16)24-19-11-10-17(27)12-23(19)28-14-21(24)20-13-26-22-5-3-2-4-18(20)22/h2-13,21,24-27H,14H2,1H3. The summed E-state index contributed by atoms with van der Waals surface area (Å²) >= 11 is 0. The van der Waals surface area contributed by atoms with Crippen LogP contribution in [0.15, 0.2) is 72.9 Å². The van der Waals surface area contributed by atoms with Crippen molar-refractivity contribution in [3.8, 4) is 11.5 Å². The molecule has 0 fully saturated rings. The molecule has 3 aromatic carbocycles. The summed E-state index contributed by atoms with van der Waals surface area (Å²) in [6, 6.07) is 22.4. The highest BCUT2D eigenvalue weighted by molar-refractivity contribution is 5.84. The van der Waals surface area contributed by atoms with Gasteiger partial charge in [-0.25, -0.2) is 0 Å². The number of aromatic nitrogens is 1. The second-order valence-electron chi connectivity index (χ2n) is 7.28. The van der Waals surface area contributed by atoms with E-state index in [1.165, 1.54) is 16.5 Å². The maximum Gasteiger partial charge on any atom is 0.126 e. The van der Waals surface area contributed by atoms with Gasteiger partial charge in [-0.1, -0.05) is 36.4 Å². The van der Waals surface area contributed by atoms with Gasteiger partial charge in [-0.2, -0.15) is 0 Å². The third kappa shape index (κ3) is 2.69. The fraction of sp³-hybridized carbons (Fsp3) is 0.167. The predicted molar refractivity (Wildman–Crippen MR) is 112 cm³/mol. The van der Waals surface area contributed by atoms with Gasteiger partial charge in [-0.05, 0) is 35.4 Å². The van der Waals surface area contributed by atoms with E-state index in [4.69, 9.17) is 4.74 Å². The van der Waals surface area contributed by atoms with E-state index in [1.54, 1.807) is 12.1 Å². The summed E-state index contributed by atoms with van der Waals surface area (Å²) < 4.78 is 6.10. The molecule has 0 spiro atoms. The third-order valence-electron chi connectivity index (χ3n) is 5.73. The second-order valence-corrected chi connectivity index (χ2v) is 7.28. The van der Waals surface area contributed by atoms with Crippen LogP contribution in [0.25, 0.3) is 10.9 Å². The molecule has 4 aromatic rings. The SMILES string of the molecule is CNc1ccc(C2c3ccc(O)cc3OCC2c2c[nH]c3ccccc23)cc1. The molecule has 28 heavy (non-hydrogen) atoms. The topological polar surface area (TPSA) is 57.3 Å². The number of anilines is 1. The zero-order chi connectivity index (χ0) is 19.1. The summed E-state index contributed by atoms with van der Waals surface area (Å²) in [6.07, 6.45) is 2.11. The van der Waals surface area contributed by atoms with Gasteiger partial charge in [0.1, 0.15) is 11.5 Å². The number of nitrogens with one attached hydrogen (secondary N) is 2. The number of benzene rings is 3. The van der Waals surface area contributed by atoms with Gasteiger partial charge in [0, 0.05) is 53.3 Å². The maximum absolute atomic E-state index is 9.91. The Morgan fingerprint density at radius 1 is 1.00 bits per heavy atom. The largest absolute Gasteiger partial charge is 0.508 e. The normalized spacial score (nSPS) is 18.5. The summed E-state index contributed by atoms with van der Waals surface area (Å²) in [7, 11) is 1.93. The van der Waals surface area contributed by atoms with E-state index in [9.17, 15) is 5.11 Å². The van der Waals surface area contributed by atoms with E-state index < -0.39 is 0 Å². The zero-order valence-corrected chi connectivity index (χ0v) is 15.6. The van der Waals surface area contributed by atoms with E-state index in [-0.39, 0.29) is 17.6 Å². The van der Waals surface area contributed by atoms with Crippen LogP contribution in [0.1, 0.15) is 28.5 Å². The van der Waals surface area contributed by atoms with Crippen molar-refractivity contribution < 1.29 is 9.84 Å². The van der Waals surface area contributed by atoms with Crippen LogP contribution in [-0.4, -0.2) is 23.7 Å². The predicted octanol–water partition coefficient (Wildman–Crippen LogP) is 5.22. The first kappa shape index (κ1) is 16.8. The summed E-state index contributed by atoms with van der Waals surface area (Å²) in [4.78, 5) is 3.40. The summed E-state index contributed by atoms with van der Waals surface area (Å²) in [5.74, 6) is 1.32. The molecule has 0 aliphatic carbocycles. The smallest absolute Gasteiger partial charge is 0.126 e. The molecule has 1 aromatic heterocycles. The number of ether oxygens (including phenoxy) is 1. The summed E-state index contributed by atoms with van der Waals surface area (Å²) in [5.41, 5.74) is 5.83. The van der Waals surface area contributed by atoms with Crippen molar-refractivity contribution in [3.63, 3.8) is 0 Å². The Morgan fingerprint density at radius 3 is 2.64 bits per heavy atom. The molecule has 2 atom stereocenters. The number of para-hydroxylation sites is 1. The molecule has 1 aliphatic rings. The highest BCUT2D eigenvalue weighted by Gasteiger charge is 2.34. The molecule has 1 aliphatic heterocycles. The van der Waals surface area contributed by atoms with Crippen molar-refractivity contribution in [2.24, 2.45) is 0 Å². The third-order valence-corrected chi connectivity index (χ3v) is 5.73. The Labute approximate surface area is 163 Å². The second kappa shape index (κ2) is 6.64. The van der Waals surface area contributed by atoms with Crippen molar-refractivity contribution in [2.75, 3.05) is 19.0 Å². The average molecular weight is 370 g/mol. The number of hydrogen-bond acceptors (Lipinski definition) is 3. The molecular weight excluding hydrogens is 348 g/mol. The van der Waals surface area contributed by atoms with Crippen molar-refractivity contribution in [1.29, 1.82) is 0 Å². The first-order valence-electron chi connectivity index (χ1n) is 9.54. The zero-order valence-electron chi connectivity index (χ0n) is 15.6. The minimum Gasteiger partial charge on any atom is -0.508 e. The number of rotatable bonds is 3. The van der Waals surface area contributed by atoms with Gasteiger partial charge >= 0.3 is 0 Å². The molecule has 4 heteroatoms. The van der Waals surface area contributed by atoms with Gasteiger partial charge in [0.25, 0.3) is 0 Å². The molecule has 0 saturated heterocycles. The van der Waals surface area contributed by atoms with Gasteiger partial charge in [-0.3, -0.25) is 0 Å². The van der Waals surface area contributed by atoms with E-state index >= 15 is 0 Å². The molecule has 140 valence electrons. The Kier molecular flexibility index (Phi) is 3.97. The van der Waals surface area contributed by atoms with E-state index in [0.717, 1.165) is 22.5 Å². The monoisotopic (exact) mass is 370 g/mol. The Bertz CT molecular complexity index is 1130. The van der Waals surface area contributed by atoms with E-state index in [1.807, 2.05) is 19.2 Å². The minimum absolute atomic E-state index is 0.148. The van der Waals surface area contributed by atoms with Crippen molar-refractivity contribution in [2.45, 2.75) is 11.8 Å². The van der Waals surface area contributed by atoms with Gasteiger partial charge in [0.2, 0.25) is 0 Å². The number of H-pyrrole nitrogens is 1. The van der Waals surface area contributed by atoms with Crippen molar-refractivity contribution in [3.05, 3.63) is 89.6 Å². The molecule has 2 heterocycles. The fourth-order valence-corrected chi connectivity index (χ4v) is 4.34. The van der Waals surface area contributed by atoms with Crippen LogP contribution in [0, 0.1) is 0 Å². The number of aromatic hydroxyl groups is 1. The molecular formula is C24H22N2O2. The van der Waals surface area contributed by atoms with Crippen LogP contribution >= 0.6 is 0 Å². The van der Waals surface area contributed by atoms with Crippen LogP contribution in [-0.2, 0) is 0 Å². The maximum atomic E-state index is 9.91. The Morgan fingerprint density at radius 2 is 1.82 bits per heavy atom. The van der Waals surface area contributed by atoms with Gasteiger partial charge in [0.15, 0.2) is 0 Å². The van der Waals surface area contributed by atoms with E-state index in [0.29, 0.717) is 6.61 Å². The molecule has 4 nitrogen and oxygen atoms in total. The van der Waals surface area contributed by atoms with Gasteiger partial charge in [0.05, 0.1) is 6.61 Å². The molecule has 0 radical (unpaired) electrons. The van der Waals surface area contributed by atoms with Crippen LogP contribution in [0.5, 0.6) is 11.5 Å².